The van der Waals surface area contributed by atoms with E-state index in [4.69, 9.17) is 0 Å². The molecule has 0 nitrogen and oxygen atoms in total. The van der Waals surface area contributed by atoms with E-state index in [1.165, 1.54) is 89.9 Å². The summed E-state index contributed by atoms with van der Waals surface area (Å²) in [4.78, 5) is 0. The van der Waals surface area contributed by atoms with Crippen LogP contribution in [0.4, 0.5) is 0 Å². The first kappa shape index (κ1) is 47.0. The molecule has 0 aromatic heterocycles. The summed E-state index contributed by atoms with van der Waals surface area (Å²) in [6, 6.07) is 0. The molecule has 342 valence electrons. The highest BCUT2D eigenvalue weighted by Crippen LogP contribution is 2.61. The third-order valence-electron chi connectivity index (χ3n) is 20.9. The molecule has 13 aliphatic rings. The Hall–Kier alpha value is 0. The second kappa shape index (κ2) is 17.8. The minimum Gasteiger partial charge on any atom is -0.0599 e. The maximum absolute atomic E-state index is 2.47. The molecule has 0 aromatic carbocycles. The van der Waals surface area contributed by atoms with E-state index in [0.29, 0.717) is 27.1 Å². The zero-order valence-corrected chi connectivity index (χ0v) is 42.9. The predicted octanol–water partition coefficient (Wildman–Crippen LogP) is 18.4. The highest BCUT2D eigenvalue weighted by Gasteiger charge is 2.52. The van der Waals surface area contributed by atoms with Gasteiger partial charge in [0.1, 0.15) is 0 Å². The van der Waals surface area contributed by atoms with E-state index in [1.54, 1.807) is 51.4 Å². The minimum absolute atomic E-state index is 0.569. The van der Waals surface area contributed by atoms with Gasteiger partial charge in [0, 0.05) is 0 Å². The van der Waals surface area contributed by atoms with Crippen LogP contribution in [-0.2, 0) is 0 Å². The second-order valence-corrected chi connectivity index (χ2v) is 30.2. The number of hydrogen-bond donors (Lipinski definition) is 0. The van der Waals surface area contributed by atoms with Crippen molar-refractivity contribution < 1.29 is 0 Å². The van der Waals surface area contributed by atoms with E-state index < -0.39 is 0 Å². The molecule has 0 aromatic rings. The van der Waals surface area contributed by atoms with Crippen LogP contribution in [0.15, 0.2) is 0 Å². The van der Waals surface area contributed by atoms with Crippen molar-refractivity contribution in [2.45, 2.75) is 245 Å². The van der Waals surface area contributed by atoms with E-state index >= 15 is 0 Å². The van der Waals surface area contributed by atoms with Crippen LogP contribution in [0.3, 0.4) is 0 Å². The number of rotatable bonds is 0. The van der Waals surface area contributed by atoms with Gasteiger partial charge in [-0.2, -0.15) is 0 Å². The molecule has 0 radical (unpaired) electrons. The third-order valence-corrected chi connectivity index (χ3v) is 20.9. The van der Waals surface area contributed by atoms with E-state index in [2.05, 4.69) is 104 Å². The van der Waals surface area contributed by atoms with Crippen LogP contribution >= 0.6 is 0 Å². The lowest BCUT2D eigenvalue weighted by molar-refractivity contribution is -0.0811. The molecule has 59 heavy (non-hydrogen) atoms. The van der Waals surface area contributed by atoms with Gasteiger partial charge in [0.2, 0.25) is 0 Å². The molecule has 0 saturated heterocycles. The lowest BCUT2D eigenvalue weighted by Crippen LogP contribution is -2.49. The average molecular weight is 815 g/mol. The molecule has 0 heteroatoms. The maximum Gasteiger partial charge on any atom is -0.0308 e. The van der Waals surface area contributed by atoms with Crippen LogP contribution in [0.25, 0.3) is 0 Å². The van der Waals surface area contributed by atoms with Gasteiger partial charge in [-0.1, -0.05) is 136 Å². The Morgan fingerprint density at radius 2 is 0.593 bits per heavy atom. The summed E-state index contributed by atoms with van der Waals surface area (Å²) < 4.78 is 0. The molecule has 10 bridgehead atoms. The fourth-order valence-corrected chi connectivity index (χ4v) is 18.0. The van der Waals surface area contributed by atoms with E-state index in [0.717, 1.165) is 101 Å². The normalized spacial score (nSPS) is 44.9. The molecule has 13 aliphatic carbocycles. The van der Waals surface area contributed by atoms with Crippen molar-refractivity contribution in [2.24, 2.45) is 128 Å². The lowest BCUT2D eigenvalue weighted by atomic mass is 9.47. The van der Waals surface area contributed by atoms with Crippen molar-refractivity contribution in [1.82, 2.24) is 0 Å². The van der Waals surface area contributed by atoms with Crippen LogP contribution in [0.5, 0.6) is 0 Å². The van der Waals surface area contributed by atoms with Crippen LogP contribution in [0.1, 0.15) is 245 Å². The zero-order chi connectivity index (χ0) is 42.9. The van der Waals surface area contributed by atoms with Gasteiger partial charge in [-0.25, -0.2) is 0 Å². The minimum atomic E-state index is 0.569. The molecule has 13 fully saturated rings. The molecule has 0 aliphatic heterocycles. The zero-order valence-electron chi connectivity index (χ0n) is 42.9. The SMILES string of the molecule is CC(C)(C)C1C2CC3CC(C2)CC1C3.CC(C)(C)C1CC2CC2C1.CC(C)(C)C1CC2CCC1C2.CC(C)(C)C1CC2CCC1CC2.CC(C)(C)C1CCC2CCC1C2. The summed E-state index contributed by atoms with van der Waals surface area (Å²) in [6.45, 7) is 36.4. The summed E-state index contributed by atoms with van der Waals surface area (Å²) in [7, 11) is 0. The first-order valence-corrected chi connectivity index (χ1v) is 27.3. The van der Waals surface area contributed by atoms with Gasteiger partial charge in [0.15, 0.2) is 0 Å². The summed E-state index contributed by atoms with van der Waals surface area (Å²) in [6.07, 6.45) is 34.1. The summed E-state index contributed by atoms with van der Waals surface area (Å²) in [5.41, 5.74) is 2.89. The van der Waals surface area contributed by atoms with Crippen molar-refractivity contribution in [3.63, 3.8) is 0 Å². The van der Waals surface area contributed by atoms with E-state index in [-0.39, 0.29) is 0 Å². The topological polar surface area (TPSA) is 0 Å². The number of hydrogen-bond acceptors (Lipinski definition) is 0. The maximum atomic E-state index is 2.47. The van der Waals surface area contributed by atoms with Crippen molar-refractivity contribution in [3.05, 3.63) is 0 Å². The molecule has 9 atom stereocenters. The van der Waals surface area contributed by atoms with Crippen molar-refractivity contribution in [3.8, 4) is 0 Å². The quantitative estimate of drug-likeness (QED) is 0.229. The second-order valence-electron chi connectivity index (χ2n) is 30.2. The van der Waals surface area contributed by atoms with Crippen molar-refractivity contribution in [2.75, 3.05) is 0 Å². The number of fused-ring (bicyclic) bond motifs is 8. The Morgan fingerprint density at radius 3 is 0.949 bits per heavy atom. The van der Waals surface area contributed by atoms with Crippen molar-refractivity contribution in [1.29, 1.82) is 0 Å². The van der Waals surface area contributed by atoms with E-state index in [9.17, 15) is 0 Å². The molecule has 13 saturated carbocycles. The molecule has 9 unspecified atom stereocenters. The monoisotopic (exact) mass is 815 g/mol. The standard InChI is InChI=1S/C14H24.2C12H22.C11H20.C10H18/c1-14(2,3)13-11-5-9-4-10(7-11)8-12(13)6-9;1-12(2,3)11-7-5-9-4-6-10(11)8-9;1-12(2,3)11-8-9-4-6-10(11)7-5-9;1-11(2,3)10-7-8-4-5-9(10)6-8;1-10(2,3)9-5-7-4-8(7)6-9/h9-13H,4-8H2,1-3H3;2*9-11H,4-8H2,1-3H3;8-10H,4-7H2,1-3H3;7-9H,4-6H2,1-3H3. The lowest BCUT2D eigenvalue weighted by Gasteiger charge is -2.58. The smallest absolute Gasteiger partial charge is 0.0308 e. The summed E-state index contributed by atoms with van der Waals surface area (Å²) in [5, 5.41) is 0. The first-order chi connectivity index (χ1) is 27.3. The Bertz CT molecular complexity index is 1260. The van der Waals surface area contributed by atoms with Gasteiger partial charge in [-0.15, -0.1) is 0 Å². The van der Waals surface area contributed by atoms with Crippen LogP contribution in [0, 0.1) is 128 Å². The van der Waals surface area contributed by atoms with Gasteiger partial charge in [0.25, 0.3) is 0 Å². The third kappa shape index (κ3) is 11.6. The van der Waals surface area contributed by atoms with Gasteiger partial charge < -0.3 is 0 Å². The molecule has 0 amide bonds. The fraction of sp³-hybridized carbons (Fsp3) is 1.00. The molecule has 0 N–H and O–H groups in total. The first-order valence-electron chi connectivity index (χ1n) is 27.3. The Kier molecular flexibility index (Phi) is 14.1. The summed E-state index contributed by atoms with van der Waals surface area (Å²) >= 11 is 0. The van der Waals surface area contributed by atoms with E-state index in [1.807, 2.05) is 0 Å². The van der Waals surface area contributed by atoms with Gasteiger partial charge in [-0.3, -0.25) is 0 Å². The van der Waals surface area contributed by atoms with Crippen molar-refractivity contribution >= 4 is 0 Å². The predicted molar refractivity (Wildman–Crippen MR) is 258 cm³/mol. The highest BCUT2D eigenvalue weighted by molar-refractivity contribution is 5.02. The summed E-state index contributed by atoms with van der Waals surface area (Å²) in [5.74, 6) is 18.6. The van der Waals surface area contributed by atoms with Crippen LogP contribution in [0.2, 0.25) is 0 Å². The van der Waals surface area contributed by atoms with Crippen LogP contribution < -0.4 is 0 Å². The molecule has 13 rings (SSSR count). The Balaban J connectivity index is 0.000000112. The Morgan fingerprint density at radius 1 is 0.220 bits per heavy atom. The van der Waals surface area contributed by atoms with Gasteiger partial charge >= 0.3 is 0 Å². The molecule has 0 heterocycles. The van der Waals surface area contributed by atoms with Gasteiger partial charge in [-0.05, 0) is 237 Å². The molecular weight excluding hydrogens is 709 g/mol. The Labute approximate surface area is 371 Å². The molecular formula is C59H106. The molecule has 0 spiro atoms. The average Bonchev–Trinajstić information content (AvgIpc) is 3.57. The highest BCUT2D eigenvalue weighted by atomic mass is 14.6. The fourth-order valence-electron chi connectivity index (χ4n) is 18.0. The van der Waals surface area contributed by atoms with Gasteiger partial charge in [0.05, 0.1) is 0 Å². The van der Waals surface area contributed by atoms with Crippen LogP contribution in [-0.4, -0.2) is 0 Å². The largest absolute Gasteiger partial charge is 0.0599 e.